The van der Waals surface area contributed by atoms with Crippen molar-refractivity contribution in [2.75, 3.05) is 31.0 Å². The minimum Gasteiger partial charge on any atom is -0.492 e. The van der Waals surface area contributed by atoms with E-state index in [0.717, 1.165) is 5.56 Å². The molecule has 3 aromatic rings. The summed E-state index contributed by atoms with van der Waals surface area (Å²) in [5, 5.41) is 11.6. The predicted molar refractivity (Wildman–Crippen MR) is 125 cm³/mol. The van der Waals surface area contributed by atoms with Gasteiger partial charge in [-0.2, -0.15) is 4.98 Å². The van der Waals surface area contributed by atoms with Gasteiger partial charge in [0.25, 0.3) is 0 Å². The quantitative estimate of drug-likeness (QED) is 0.429. The second-order valence-corrected chi connectivity index (χ2v) is 6.39. The fourth-order valence-electron chi connectivity index (χ4n) is 3.01. The van der Waals surface area contributed by atoms with E-state index in [2.05, 4.69) is 27.1 Å². The molecule has 0 fully saturated rings. The Morgan fingerprint density at radius 3 is 2.38 bits per heavy atom. The SMILES string of the molecule is COc1c(NC(=O)O)cc(Cc2cnc(N)nc2N)c(C#Cc2ccccc2)c1OC.Cl. The van der Waals surface area contributed by atoms with Crippen molar-refractivity contribution in [1.29, 1.82) is 0 Å². The Kier molecular flexibility index (Phi) is 8.10. The third-order valence-electron chi connectivity index (χ3n) is 4.37. The highest BCUT2D eigenvalue weighted by Gasteiger charge is 2.21. The van der Waals surface area contributed by atoms with Crippen LogP contribution in [-0.4, -0.2) is 35.4 Å². The number of nitrogen functional groups attached to an aromatic ring is 2. The van der Waals surface area contributed by atoms with E-state index < -0.39 is 6.09 Å². The van der Waals surface area contributed by atoms with Gasteiger partial charge in [0.2, 0.25) is 5.95 Å². The Bertz CT molecular complexity index is 1180. The largest absolute Gasteiger partial charge is 0.492 e. The van der Waals surface area contributed by atoms with E-state index in [-0.39, 0.29) is 42.0 Å². The van der Waals surface area contributed by atoms with Crippen LogP contribution in [-0.2, 0) is 6.42 Å². The van der Waals surface area contributed by atoms with Crippen LogP contribution in [0.5, 0.6) is 11.5 Å². The number of halogens is 1. The third-order valence-corrected chi connectivity index (χ3v) is 4.37. The molecule has 0 aliphatic carbocycles. The number of aromatic nitrogens is 2. The van der Waals surface area contributed by atoms with E-state index in [0.29, 0.717) is 22.4 Å². The molecule has 0 saturated heterocycles. The standard InChI is InChI=1S/C22H21N5O4.ClH/c1-30-18-16(9-8-13-6-4-3-5-7-13)14(10-15-12-25-21(24)27-20(15)23)11-17(19(18)31-2)26-22(28)29;/h3-7,11-12,26H,10H2,1-2H3,(H,28,29)(H4,23,24,25,27);1H. The number of carbonyl (C=O) groups is 1. The van der Waals surface area contributed by atoms with Gasteiger partial charge in [-0.25, -0.2) is 9.78 Å². The van der Waals surface area contributed by atoms with Crippen molar-refractivity contribution in [3.05, 3.63) is 64.8 Å². The molecule has 3 rings (SSSR count). The first-order valence-corrected chi connectivity index (χ1v) is 9.14. The fraction of sp³-hybridized carbons (Fsp3) is 0.136. The Morgan fingerprint density at radius 1 is 1.09 bits per heavy atom. The van der Waals surface area contributed by atoms with Gasteiger partial charge in [-0.3, -0.25) is 5.32 Å². The Morgan fingerprint density at radius 2 is 1.78 bits per heavy atom. The number of amides is 1. The van der Waals surface area contributed by atoms with Crippen LogP contribution in [0, 0.1) is 11.8 Å². The Hall–Kier alpha value is -4.16. The molecule has 0 saturated carbocycles. The molecule has 32 heavy (non-hydrogen) atoms. The van der Waals surface area contributed by atoms with Crippen molar-refractivity contribution in [2.24, 2.45) is 0 Å². The van der Waals surface area contributed by atoms with Crippen LogP contribution in [0.3, 0.4) is 0 Å². The summed E-state index contributed by atoms with van der Waals surface area (Å²) in [4.78, 5) is 19.3. The van der Waals surface area contributed by atoms with E-state index in [1.807, 2.05) is 30.3 Å². The lowest BCUT2D eigenvalue weighted by molar-refractivity contribution is 0.209. The van der Waals surface area contributed by atoms with Gasteiger partial charge >= 0.3 is 6.09 Å². The number of carboxylic acid groups (broad SMARTS) is 1. The van der Waals surface area contributed by atoms with Crippen molar-refractivity contribution in [3.8, 4) is 23.3 Å². The maximum atomic E-state index is 11.3. The average Bonchev–Trinajstić information content (AvgIpc) is 2.74. The summed E-state index contributed by atoms with van der Waals surface area (Å²) in [6.45, 7) is 0. The summed E-state index contributed by atoms with van der Waals surface area (Å²) in [6, 6.07) is 11.0. The zero-order valence-electron chi connectivity index (χ0n) is 17.4. The number of ether oxygens (including phenoxy) is 2. The molecular formula is C22H22ClN5O4. The minimum atomic E-state index is -1.25. The van der Waals surface area contributed by atoms with Crippen molar-refractivity contribution in [1.82, 2.24) is 9.97 Å². The number of benzene rings is 2. The molecule has 0 aliphatic heterocycles. The molecule has 1 aromatic heterocycles. The van der Waals surface area contributed by atoms with Gasteiger partial charge in [0.05, 0.1) is 25.5 Å². The lowest BCUT2D eigenvalue weighted by Gasteiger charge is -2.18. The van der Waals surface area contributed by atoms with Crippen molar-refractivity contribution in [3.63, 3.8) is 0 Å². The second kappa shape index (κ2) is 10.7. The molecular weight excluding hydrogens is 434 g/mol. The zero-order chi connectivity index (χ0) is 22.4. The van der Waals surface area contributed by atoms with Crippen LogP contribution < -0.4 is 26.3 Å². The first kappa shape index (κ1) is 24.1. The summed E-state index contributed by atoms with van der Waals surface area (Å²) in [6.07, 6.45) is 0.539. The lowest BCUT2D eigenvalue weighted by Crippen LogP contribution is -2.11. The maximum absolute atomic E-state index is 11.3. The second-order valence-electron chi connectivity index (χ2n) is 6.39. The summed E-state index contributed by atoms with van der Waals surface area (Å²) >= 11 is 0. The molecule has 0 bridgehead atoms. The van der Waals surface area contributed by atoms with Crippen molar-refractivity contribution >= 4 is 36.0 Å². The highest BCUT2D eigenvalue weighted by atomic mass is 35.5. The lowest BCUT2D eigenvalue weighted by atomic mass is 9.98. The number of nitrogens with one attached hydrogen (secondary N) is 1. The van der Waals surface area contributed by atoms with E-state index in [1.54, 1.807) is 6.07 Å². The normalized spacial score (nSPS) is 9.69. The van der Waals surface area contributed by atoms with Crippen molar-refractivity contribution < 1.29 is 19.4 Å². The fourth-order valence-corrected chi connectivity index (χ4v) is 3.01. The van der Waals surface area contributed by atoms with Gasteiger partial charge in [0.15, 0.2) is 11.5 Å². The van der Waals surface area contributed by atoms with Crippen LogP contribution >= 0.6 is 12.4 Å². The zero-order valence-corrected chi connectivity index (χ0v) is 18.2. The van der Waals surface area contributed by atoms with Gasteiger partial charge in [0.1, 0.15) is 5.82 Å². The van der Waals surface area contributed by atoms with Crippen LogP contribution in [0.15, 0.2) is 42.6 Å². The number of methoxy groups -OCH3 is 2. The van der Waals surface area contributed by atoms with E-state index in [4.69, 9.17) is 20.9 Å². The molecule has 1 amide bonds. The molecule has 6 N–H and O–H groups in total. The summed E-state index contributed by atoms with van der Waals surface area (Å²) in [5.41, 5.74) is 14.4. The minimum absolute atomic E-state index is 0. The predicted octanol–water partition coefficient (Wildman–Crippen LogP) is 3.16. The molecule has 0 unspecified atom stereocenters. The monoisotopic (exact) mass is 455 g/mol. The molecule has 9 nitrogen and oxygen atoms in total. The van der Waals surface area contributed by atoms with Crippen LogP contribution in [0.2, 0.25) is 0 Å². The molecule has 2 aromatic carbocycles. The number of anilines is 3. The number of rotatable bonds is 5. The Balaban J connectivity index is 0.00000363. The average molecular weight is 456 g/mol. The van der Waals surface area contributed by atoms with Crippen LogP contribution in [0.25, 0.3) is 0 Å². The van der Waals surface area contributed by atoms with Gasteiger partial charge < -0.3 is 26.0 Å². The Labute approximate surface area is 191 Å². The molecule has 1 heterocycles. The van der Waals surface area contributed by atoms with Gasteiger partial charge in [0, 0.05) is 23.7 Å². The summed E-state index contributed by atoms with van der Waals surface area (Å²) < 4.78 is 11.0. The van der Waals surface area contributed by atoms with Crippen LogP contribution in [0.1, 0.15) is 22.3 Å². The van der Waals surface area contributed by atoms with Gasteiger partial charge in [-0.1, -0.05) is 30.0 Å². The highest BCUT2D eigenvalue weighted by Crippen LogP contribution is 2.41. The molecule has 10 heteroatoms. The summed E-state index contributed by atoms with van der Waals surface area (Å²) in [7, 11) is 2.88. The molecule has 0 atom stereocenters. The first-order chi connectivity index (χ1) is 14.9. The molecule has 0 spiro atoms. The van der Waals surface area contributed by atoms with E-state index in [9.17, 15) is 9.90 Å². The number of hydrogen-bond donors (Lipinski definition) is 4. The van der Waals surface area contributed by atoms with E-state index >= 15 is 0 Å². The van der Waals surface area contributed by atoms with E-state index in [1.165, 1.54) is 20.4 Å². The molecule has 0 aliphatic rings. The third kappa shape index (κ3) is 5.50. The highest BCUT2D eigenvalue weighted by molar-refractivity contribution is 5.87. The number of nitrogens with two attached hydrogens (primary N) is 2. The number of nitrogens with zero attached hydrogens (tertiary/aromatic N) is 2. The molecule has 166 valence electrons. The number of hydrogen-bond acceptors (Lipinski definition) is 7. The smallest absolute Gasteiger partial charge is 0.409 e. The van der Waals surface area contributed by atoms with Gasteiger partial charge in [-0.15, -0.1) is 12.4 Å². The topological polar surface area (TPSA) is 146 Å². The van der Waals surface area contributed by atoms with Crippen molar-refractivity contribution in [2.45, 2.75) is 6.42 Å². The molecule has 0 radical (unpaired) electrons. The maximum Gasteiger partial charge on any atom is 0.409 e. The summed E-state index contributed by atoms with van der Waals surface area (Å²) in [5.74, 6) is 7.00. The first-order valence-electron chi connectivity index (χ1n) is 9.14. The van der Waals surface area contributed by atoms with Gasteiger partial charge in [-0.05, 0) is 23.8 Å². The van der Waals surface area contributed by atoms with Crippen LogP contribution in [0.4, 0.5) is 22.2 Å².